The second kappa shape index (κ2) is 5.32. The van der Waals surface area contributed by atoms with Crippen LogP contribution in [0.25, 0.3) is 0 Å². The zero-order chi connectivity index (χ0) is 13.1. The Morgan fingerprint density at radius 1 is 1.05 bits per heavy atom. The number of aliphatic hydroxyl groups is 1. The molecule has 2 unspecified atom stereocenters. The van der Waals surface area contributed by atoms with Crippen molar-refractivity contribution in [2.24, 2.45) is 5.92 Å². The van der Waals surface area contributed by atoms with E-state index in [0.29, 0.717) is 5.92 Å². The topological polar surface area (TPSA) is 32.3 Å². The molecule has 1 aromatic carbocycles. The normalized spacial score (nSPS) is 31.5. The first kappa shape index (κ1) is 12.6. The maximum absolute atomic E-state index is 10.7. The Morgan fingerprint density at radius 3 is 2.47 bits per heavy atom. The summed E-state index contributed by atoms with van der Waals surface area (Å²) in [6.45, 7) is 2.09. The molecule has 0 radical (unpaired) electrons. The number of nitrogens with one attached hydrogen (secondary N) is 1. The Bertz CT molecular complexity index is 473. The summed E-state index contributed by atoms with van der Waals surface area (Å²) in [5, 5.41) is 14.1. The molecule has 0 aromatic heterocycles. The minimum absolute atomic E-state index is 0.252. The first-order valence-electron chi connectivity index (χ1n) is 7.14. The summed E-state index contributed by atoms with van der Waals surface area (Å²) in [7, 11) is 0. The van der Waals surface area contributed by atoms with Gasteiger partial charge in [-0.05, 0) is 37.4 Å². The van der Waals surface area contributed by atoms with Crippen molar-refractivity contribution in [3.63, 3.8) is 0 Å². The molecule has 0 bridgehead atoms. The number of benzene rings is 1. The van der Waals surface area contributed by atoms with Crippen LogP contribution in [0.3, 0.4) is 0 Å². The van der Waals surface area contributed by atoms with Gasteiger partial charge in [0.25, 0.3) is 0 Å². The van der Waals surface area contributed by atoms with Gasteiger partial charge in [-0.3, -0.25) is 0 Å². The second-order valence-corrected chi connectivity index (χ2v) is 5.51. The largest absolute Gasteiger partial charge is 0.388 e. The van der Waals surface area contributed by atoms with E-state index in [1.807, 2.05) is 18.2 Å². The maximum Gasteiger partial charge on any atom is 0.0858 e. The van der Waals surface area contributed by atoms with E-state index in [1.165, 1.54) is 5.56 Å². The molecular formula is C17H21NO. The molecule has 1 aliphatic heterocycles. The van der Waals surface area contributed by atoms with Gasteiger partial charge in [-0.2, -0.15) is 0 Å². The monoisotopic (exact) mass is 255 g/mol. The van der Waals surface area contributed by atoms with Crippen LogP contribution in [0.4, 0.5) is 0 Å². The Hall–Kier alpha value is -1.38. The maximum atomic E-state index is 10.7. The van der Waals surface area contributed by atoms with Gasteiger partial charge < -0.3 is 10.4 Å². The molecule has 1 aromatic rings. The molecule has 19 heavy (non-hydrogen) atoms. The SMILES string of the molecule is OC1C=CC=CC1(c1ccccc1)C1CCNCC1. The van der Waals surface area contributed by atoms with E-state index in [4.69, 9.17) is 0 Å². The molecule has 2 aliphatic rings. The summed E-state index contributed by atoms with van der Waals surface area (Å²) in [6.07, 6.45) is 9.98. The van der Waals surface area contributed by atoms with E-state index >= 15 is 0 Å². The lowest BCUT2D eigenvalue weighted by Crippen LogP contribution is -2.48. The van der Waals surface area contributed by atoms with Gasteiger partial charge in [0.2, 0.25) is 0 Å². The first-order chi connectivity index (χ1) is 9.34. The zero-order valence-corrected chi connectivity index (χ0v) is 11.1. The van der Waals surface area contributed by atoms with Gasteiger partial charge in [0.1, 0.15) is 0 Å². The van der Waals surface area contributed by atoms with E-state index in [0.717, 1.165) is 25.9 Å². The predicted molar refractivity (Wildman–Crippen MR) is 78.0 cm³/mol. The molecule has 2 heteroatoms. The standard InChI is InChI=1S/C17H21NO/c19-16-8-4-5-11-17(16,14-6-2-1-3-7-14)15-9-12-18-13-10-15/h1-8,11,15-16,18-19H,9-10,12-13H2. The van der Waals surface area contributed by atoms with Gasteiger partial charge in [-0.15, -0.1) is 0 Å². The van der Waals surface area contributed by atoms with Crippen LogP contribution >= 0.6 is 0 Å². The molecule has 2 N–H and O–H groups in total. The summed E-state index contributed by atoms with van der Waals surface area (Å²) < 4.78 is 0. The average molecular weight is 255 g/mol. The molecule has 100 valence electrons. The number of piperidine rings is 1. The van der Waals surface area contributed by atoms with Crippen molar-refractivity contribution in [3.05, 3.63) is 60.2 Å². The third-order valence-corrected chi connectivity index (χ3v) is 4.55. The third-order valence-electron chi connectivity index (χ3n) is 4.55. The highest BCUT2D eigenvalue weighted by Crippen LogP contribution is 2.43. The van der Waals surface area contributed by atoms with Gasteiger partial charge in [-0.1, -0.05) is 54.6 Å². The molecule has 0 spiro atoms. The molecular weight excluding hydrogens is 234 g/mol. The molecule has 1 saturated heterocycles. The quantitative estimate of drug-likeness (QED) is 0.850. The fourth-order valence-electron chi connectivity index (χ4n) is 3.55. The Morgan fingerprint density at radius 2 is 1.79 bits per heavy atom. The fraction of sp³-hybridized carbons (Fsp3) is 0.412. The van der Waals surface area contributed by atoms with Crippen LogP contribution < -0.4 is 5.32 Å². The van der Waals surface area contributed by atoms with Crippen molar-refractivity contribution in [1.29, 1.82) is 0 Å². The minimum Gasteiger partial charge on any atom is -0.388 e. The van der Waals surface area contributed by atoms with Crippen molar-refractivity contribution >= 4 is 0 Å². The minimum atomic E-state index is -0.428. The molecule has 0 saturated carbocycles. The van der Waals surface area contributed by atoms with Crippen LogP contribution in [-0.4, -0.2) is 24.3 Å². The zero-order valence-electron chi connectivity index (χ0n) is 11.1. The first-order valence-corrected chi connectivity index (χ1v) is 7.14. The third kappa shape index (κ3) is 2.15. The average Bonchev–Trinajstić information content (AvgIpc) is 2.50. The lowest BCUT2D eigenvalue weighted by atomic mass is 9.62. The van der Waals surface area contributed by atoms with Crippen LogP contribution in [0.5, 0.6) is 0 Å². The molecule has 0 amide bonds. The number of aliphatic hydroxyl groups excluding tert-OH is 1. The van der Waals surface area contributed by atoms with Crippen LogP contribution in [-0.2, 0) is 5.41 Å². The van der Waals surface area contributed by atoms with E-state index in [2.05, 4.69) is 41.7 Å². The van der Waals surface area contributed by atoms with Crippen LogP contribution in [0, 0.1) is 5.92 Å². The van der Waals surface area contributed by atoms with Gasteiger partial charge in [0.15, 0.2) is 0 Å². The highest BCUT2D eigenvalue weighted by atomic mass is 16.3. The second-order valence-electron chi connectivity index (χ2n) is 5.51. The van der Waals surface area contributed by atoms with E-state index in [1.54, 1.807) is 0 Å². The van der Waals surface area contributed by atoms with Crippen molar-refractivity contribution in [2.75, 3.05) is 13.1 Å². The number of hydrogen-bond donors (Lipinski definition) is 2. The van der Waals surface area contributed by atoms with Gasteiger partial charge in [0.05, 0.1) is 6.10 Å². The number of rotatable bonds is 2. The van der Waals surface area contributed by atoms with E-state index in [9.17, 15) is 5.11 Å². The van der Waals surface area contributed by atoms with Crippen molar-refractivity contribution < 1.29 is 5.11 Å². The summed E-state index contributed by atoms with van der Waals surface area (Å²) in [5.74, 6) is 0.493. The molecule has 2 atom stereocenters. The summed E-state index contributed by atoms with van der Waals surface area (Å²) in [5.41, 5.74) is 0.980. The number of allylic oxidation sites excluding steroid dienone is 2. The Kier molecular flexibility index (Phi) is 3.54. The smallest absolute Gasteiger partial charge is 0.0858 e. The lowest BCUT2D eigenvalue weighted by Gasteiger charge is -2.44. The Balaban J connectivity index is 2.05. The highest BCUT2D eigenvalue weighted by molar-refractivity contribution is 5.40. The molecule has 1 fully saturated rings. The van der Waals surface area contributed by atoms with Crippen LogP contribution in [0.1, 0.15) is 18.4 Å². The van der Waals surface area contributed by atoms with Crippen molar-refractivity contribution in [3.8, 4) is 0 Å². The van der Waals surface area contributed by atoms with Gasteiger partial charge >= 0.3 is 0 Å². The molecule has 2 nitrogen and oxygen atoms in total. The van der Waals surface area contributed by atoms with Crippen molar-refractivity contribution in [1.82, 2.24) is 5.32 Å². The lowest BCUT2D eigenvalue weighted by molar-refractivity contribution is 0.0918. The molecule has 3 rings (SSSR count). The van der Waals surface area contributed by atoms with Gasteiger partial charge in [-0.25, -0.2) is 0 Å². The van der Waals surface area contributed by atoms with E-state index < -0.39 is 6.10 Å². The van der Waals surface area contributed by atoms with E-state index in [-0.39, 0.29) is 5.41 Å². The van der Waals surface area contributed by atoms with Crippen LogP contribution in [0.15, 0.2) is 54.6 Å². The summed E-state index contributed by atoms with van der Waals surface area (Å²) in [6, 6.07) is 10.5. The predicted octanol–water partition coefficient (Wildman–Crippen LogP) is 2.41. The fourth-order valence-corrected chi connectivity index (χ4v) is 3.55. The molecule has 1 aliphatic carbocycles. The Labute approximate surface area is 114 Å². The summed E-state index contributed by atoms with van der Waals surface area (Å²) >= 11 is 0. The van der Waals surface area contributed by atoms with Gasteiger partial charge in [0, 0.05) is 5.41 Å². The van der Waals surface area contributed by atoms with Crippen LogP contribution in [0.2, 0.25) is 0 Å². The highest BCUT2D eigenvalue weighted by Gasteiger charge is 2.44. The van der Waals surface area contributed by atoms with Crippen molar-refractivity contribution in [2.45, 2.75) is 24.4 Å². The molecule has 1 heterocycles. The summed E-state index contributed by atoms with van der Waals surface area (Å²) in [4.78, 5) is 0. The number of hydrogen-bond acceptors (Lipinski definition) is 2.